The lowest BCUT2D eigenvalue weighted by Gasteiger charge is -2.17. The molecule has 1 saturated heterocycles. The Bertz CT molecular complexity index is 865. The summed E-state index contributed by atoms with van der Waals surface area (Å²) in [6.07, 6.45) is 5.80. The molecule has 0 aliphatic carbocycles. The number of rotatable bonds is 5. The molecule has 4 rings (SSSR count). The molecule has 5 nitrogen and oxygen atoms in total. The van der Waals surface area contributed by atoms with Gasteiger partial charge in [-0.1, -0.05) is 30.3 Å². The fraction of sp³-hybridized carbons (Fsp3) is 0.238. The fourth-order valence-electron chi connectivity index (χ4n) is 3.33. The molecule has 132 valence electrons. The van der Waals surface area contributed by atoms with Crippen LogP contribution in [-0.4, -0.2) is 28.5 Å². The van der Waals surface area contributed by atoms with Gasteiger partial charge in [0, 0.05) is 31.0 Å². The Balaban J connectivity index is 1.41. The predicted molar refractivity (Wildman–Crippen MR) is 103 cm³/mol. The molecule has 0 unspecified atom stereocenters. The Kier molecular flexibility index (Phi) is 4.69. The number of amides is 1. The highest BCUT2D eigenvalue weighted by Crippen LogP contribution is 2.20. The minimum Gasteiger partial charge on any atom is -0.372 e. The molecule has 0 atom stereocenters. The van der Waals surface area contributed by atoms with Crippen molar-refractivity contribution in [1.82, 2.24) is 14.9 Å². The molecule has 3 aromatic rings. The maximum Gasteiger partial charge on any atom is 0.270 e. The molecule has 5 heteroatoms. The lowest BCUT2D eigenvalue weighted by Crippen LogP contribution is -2.25. The van der Waals surface area contributed by atoms with Crippen LogP contribution in [0, 0.1) is 0 Å². The molecule has 1 aliphatic rings. The summed E-state index contributed by atoms with van der Waals surface area (Å²) in [6.45, 7) is 2.78. The lowest BCUT2D eigenvalue weighted by molar-refractivity contribution is 0.0944. The van der Waals surface area contributed by atoms with E-state index in [4.69, 9.17) is 0 Å². The first-order valence-corrected chi connectivity index (χ1v) is 9.01. The molecule has 0 spiro atoms. The molecule has 0 saturated carbocycles. The van der Waals surface area contributed by atoms with Gasteiger partial charge in [0.15, 0.2) is 0 Å². The lowest BCUT2D eigenvalue weighted by atomic mass is 10.2. The zero-order chi connectivity index (χ0) is 17.8. The number of nitrogens with one attached hydrogen (secondary N) is 1. The van der Waals surface area contributed by atoms with E-state index in [0.29, 0.717) is 12.2 Å². The molecular formula is C21H22N4O. The van der Waals surface area contributed by atoms with Crippen LogP contribution in [0.25, 0.3) is 5.69 Å². The van der Waals surface area contributed by atoms with Gasteiger partial charge in [-0.2, -0.15) is 0 Å². The SMILES string of the molecule is O=C(NCc1ccc(N2CCCC2)cc1)c1cncn1-c1ccccc1. The Hall–Kier alpha value is -3.08. The summed E-state index contributed by atoms with van der Waals surface area (Å²) in [5.74, 6) is -0.130. The summed E-state index contributed by atoms with van der Waals surface area (Å²) < 4.78 is 1.80. The van der Waals surface area contributed by atoms with Gasteiger partial charge < -0.3 is 10.2 Å². The number of anilines is 1. The van der Waals surface area contributed by atoms with Crippen molar-refractivity contribution >= 4 is 11.6 Å². The van der Waals surface area contributed by atoms with Gasteiger partial charge in [0.2, 0.25) is 0 Å². The number of para-hydroxylation sites is 1. The van der Waals surface area contributed by atoms with Crippen molar-refractivity contribution in [2.75, 3.05) is 18.0 Å². The Labute approximate surface area is 153 Å². The molecule has 26 heavy (non-hydrogen) atoms. The molecular weight excluding hydrogens is 324 g/mol. The third kappa shape index (κ3) is 3.47. The van der Waals surface area contributed by atoms with Crippen LogP contribution in [0.2, 0.25) is 0 Å². The zero-order valence-electron chi connectivity index (χ0n) is 14.6. The number of benzene rings is 2. The van der Waals surface area contributed by atoms with Crippen LogP contribution in [0.4, 0.5) is 5.69 Å². The van der Waals surface area contributed by atoms with Crippen molar-refractivity contribution in [3.05, 3.63) is 78.4 Å². The first-order valence-electron chi connectivity index (χ1n) is 9.01. The minimum atomic E-state index is -0.130. The smallest absolute Gasteiger partial charge is 0.270 e. The summed E-state index contributed by atoms with van der Waals surface area (Å²) in [4.78, 5) is 19.1. The molecule has 1 amide bonds. The van der Waals surface area contributed by atoms with Crippen LogP contribution in [0.1, 0.15) is 28.9 Å². The highest BCUT2D eigenvalue weighted by atomic mass is 16.1. The van der Waals surface area contributed by atoms with E-state index in [-0.39, 0.29) is 5.91 Å². The standard InChI is InChI=1S/C21H22N4O/c26-21(20-15-22-16-25(20)19-6-2-1-3-7-19)23-14-17-8-10-18(11-9-17)24-12-4-5-13-24/h1-3,6-11,15-16H,4-5,12-14H2,(H,23,26). The van der Waals surface area contributed by atoms with Gasteiger partial charge in [0.05, 0.1) is 12.5 Å². The molecule has 1 aliphatic heterocycles. The van der Waals surface area contributed by atoms with E-state index < -0.39 is 0 Å². The number of carbonyl (C=O) groups is 1. The number of nitrogens with zero attached hydrogens (tertiary/aromatic N) is 3. The topological polar surface area (TPSA) is 50.2 Å². The first-order chi connectivity index (χ1) is 12.8. The third-order valence-electron chi connectivity index (χ3n) is 4.77. The maximum atomic E-state index is 12.6. The van der Waals surface area contributed by atoms with E-state index in [9.17, 15) is 4.79 Å². The summed E-state index contributed by atoms with van der Waals surface area (Å²) >= 11 is 0. The molecule has 0 radical (unpaired) electrons. The van der Waals surface area contributed by atoms with Gasteiger partial charge in [-0.25, -0.2) is 4.98 Å². The zero-order valence-corrected chi connectivity index (χ0v) is 14.6. The molecule has 1 aromatic heterocycles. The minimum absolute atomic E-state index is 0.130. The molecule has 1 N–H and O–H groups in total. The van der Waals surface area contributed by atoms with E-state index in [1.807, 2.05) is 30.3 Å². The Morgan fingerprint density at radius 2 is 1.69 bits per heavy atom. The van der Waals surface area contributed by atoms with Gasteiger partial charge in [0.1, 0.15) is 5.69 Å². The van der Waals surface area contributed by atoms with Crippen molar-refractivity contribution in [2.24, 2.45) is 0 Å². The summed E-state index contributed by atoms with van der Waals surface area (Å²) in [5, 5.41) is 2.99. The highest BCUT2D eigenvalue weighted by Gasteiger charge is 2.14. The third-order valence-corrected chi connectivity index (χ3v) is 4.77. The quantitative estimate of drug-likeness (QED) is 0.770. The molecule has 1 fully saturated rings. The molecule has 0 bridgehead atoms. The van der Waals surface area contributed by atoms with Crippen molar-refractivity contribution in [3.63, 3.8) is 0 Å². The van der Waals surface area contributed by atoms with Crippen LogP contribution in [0.3, 0.4) is 0 Å². The van der Waals surface area contributed by atoms with Crippen molar-refractivity contribution in [3.8, 4) is 5.69 Å². The van der Waals surface area contributed by atoms with Gasteiger partial charge in [-0.05, 0) is 42.7 Å². The van der Waals surface area contributed by atoms with E-state index in [1.54, 1.807) is 17.1 Å². The number of carbonyl (C=O) groups excluding carboxylic acids is 1. The van der Waals surface area contributed by atoms with E-state index in [0.717, 1.165) is 24.3 Å². The van der Waals surface area contributed by atoms with Gasteiger partial charge in [-0.3, -0.25) is 9.36 Å². The normalized spacial score (nSPS) is 13.8. The van der Waals surface area contributed by atoms with E-state index >= 15 is 0 Å². The Morgan fingerprint density at radius 3 is 2.42 bits per heavy atom. The number of imidazole rings is 1. The Morgan fingerprint density at radius 1 is 0.962 bits per heavy atom. The monoisotopic (exact) mass is 346 g/mol. The van der Waals surface area contributed by atoms with Crippen molar-refractivity contribution < 1.29 is 4.79 Å². The van der Waals surface area contributed by atoms with Crippen LogP contribution >= 0.6 is 0 Å². The van der Waals surface area contributed by atoms with Gasteiger partial charge in [0.25, 0.3) is 5.91 Å². The fourth-order valence-corrected chi connectivity index (χ4v) is 3.33. The van der Waals surface area contributed by atoms with Crippen molar-refractivity contribution in [2.45, 2.75) is 19.4 Å². The van der Waals surface area contributed by atoms with E-state index in [1.165, 1.54) is 18.5 Å². The average Bonchev–Trinajstić information content (AvgIpc) is 3.39. The average molecular weight is 346 g/mol. The van der Waals surface area contributed by atoms with Crippen LogP contribution in [-0.2, 0) is 6.54 Å². The van der Waals surface area contributed by atoms with Crippen LogP contribution < -0.4 is 10.2 Å². The second-order valence-electron chi connectivity index (χ2n) is 6.53. The highest BCUT2D eigenvalue weighted by molar-refractivity contribution is 5.92. The van der Waals surface area contributed by atoms with Crippen LogP contribution in [0.5, 0.6) is 0 Å². The molecule has 2 aromatic carbocycles. The van der Waals surface area contributed by atoms with Gasteiger partial charge >= 0.3 is 0 Å². The van der Waals surface area contributed by atoms with E-state index in [2.05, 4.69) is 39.5 Å². The second kappa shape index (κ2) is 7.44. The largest absolute Gasteiger partial charge is 0.372 e. The number of aromatic nitrogens is 2. The van der Waals surface area contributed by atoms with Gasteiger partial charge in [-0.15, -0.1) is 0 Å². The molecule has 2 heterocycles. The summed E-state index contributed by atoms with van der Waals surface area (Å²) in [6, 6.07) is 18.2. The van der Waals surface area contributed by atoms with Crippen LogP contribution in [0.15, 0.2) is 67.1 Å². The van der Waals surface area contributed by atoms with Crippen molar-refractivity contribution in [1.29, 1.82) is 0 Å². The predicted octanol–water partition coefficient (Wildman–Crippen LogP) is 3.40. The first kappa shape index (κ1) is 16.4. The summed E-state index contributed by atoms with van der Waals surface area (Å²) in [5.41, 5.74) is 3.81. The number of hydrogen-bond donors (Lipinski definition) is 1. The number of hydrogen-bond acceptors (Lipinski definition) is 3. The maximum absolute atomic E-state index is 12.6. The second-order valence-corrected chi connectivity index (χ2v) is 6.53. The summed E-state index contributed by atoms with van der Waals surface area (Å²) in [7, 11) is 0.